The number of fused-ring (bicyclic) bond motifs is 1. The summed E-state index contributed by atoms with van der Waals surface area (Å²) in [6, 6.07) is 11.0. The van der Waals surface area contributed by atoms with Crippen LogP contribution in [0.25, 0.3) is 10.9 Å². The van der Waals surface area contributed by atoms with Crippen molar-refractivity contribution in [3.05, 3.63) is 59.9 Å². The van der Waals surface area contributed by atoms with E-state index in [2.05, 4.69) is 9.97 Å². The molecule has 5 nitrogen and oxygen atoms in total. The summed E-state index contributed by atoms with van der Waals surface area (Å²) in [7, 11) is 1.67. The first-order valence-electron chi connectivity index (χ1n) is 6.91. The fourth-order valence-electron chi connectivity index (χ4n) is 2.36. The highest BCUT2D eigenvalue weighted by atomic mass is 16.2. The summed E-state index contributed by atoms with van der Waals surface area (Å²) in [5.41, 5.74) is 8.83. The second kappa shape index (κ2) is 5.44. The zero-order valence-electron chi connectivity index (χ0n) is 12.4. The fourth-order valence-corrected chi connectivity index (χ4v) is 2.36. The van der Waals surface area contributed by atoms with Crippen LogP contribution in [0.3, 0.4) is 0 Å². The third-order valence-electron chi connectivity index (χ3n) is 3.50. The number of aromatic nitrogens is 2. The number of benzene rings is 1. The van der Waals surface area contributed by atoms with Gasteiger partial charge >= 0.3 is 0 Å². The molecule has 2 N–H and O–H groups in total. The van der Waals surface area contributed by atoms with Crippen molar-refractivity contribution >= 4 is 28.3 Å². The summed E-state index contributed by atoms with van der Waals surface area (Å²) in [4.78, 5) is 22.6. The third-order valence-corrected chi connectivity index (χ3v) is 3.50. The maximum Gasteiger partial charge on any atom is 0.259 e. The minimum absolute atomic E-state index is 0.159. The molecule has 0 saturated heterocycles. The van der Waals surface area contributed by atoms with E-state index >= 15 is 0 Å². The average Bonchev–Trinajstić information content (AvgIpc) is 2.53. The molecule has 1 amide bonds. The maximum absolute atomic E-state index is 12.6. The summed E-state index contributed by atoms with van der Waals surface area (Å²) in [6.45, 7) is 1.91. The summed E-state index contributed by atoms with van der Waals surface area (Å²) in [5, 5.41) is 0.923. The van der Waals surface area contributed by atoms with E-state index < -0.39 is 0 Å². The topological polar surface area (TPSA) is 72.1 Å². The molecule has 0 aliphatic carbocycles. The molecule has 0 bridgehead atoms. The number of amides is 1. The lowest BCUT2D eigenvalue weighted by Gasteiger charge is -2.18. The van der Waals surface area contributed by atoms with Gasteiger partial charge in [0.25, 0.3) is 5.91 Å². The predicted molar refractivity (Wildman–Crippen MR) is 87.9 cm³/mol. The number of nitrogen functional groups attached to an aromatic ring is 1. The van der Waals surface area contributed by atoms with Crippen LogP contribution in [0.1, 0.15) is 15.9 Å². The largest absolute Gasteiger partial charge is 0.396 e. The van der Waals surface area contributed by atoms with Gasteiger partial charge in [0.1, 0.15) is 0 Å². The van der Waals surface area contributed by atoms with Gasteiger partial charge in [-0.2, -0.15) is 0 Å². The fraction of sp³-hybridized carbons (Fsp3) is 0.118. The summed E-state index contributed by atoms with van der Waals surface area (Å²) >= 11 is 0. The number of rotatable bonds is 2. The zero-order chi connectivity index (χ0) is 15.7. The standard InChI is InChI=1S/C17H16N4O/c1-11-8-14(18)16(20-10-11)21(2)17(22)13-5-6-15-12(9-13)4-3-7-19-15/h3-10H,18H2,1-2H3. The van der Waals surface area contributed by atoms with Crippen molar-refractivity contribution in [2.45, 2.75) is 6.92 Å². The quantitative estimate of drug-likeness (QED) is 0.788. The Balaban J connectivity index is 1.97. The van der Waals surface area contributed by atoms with Crippen LogP contribution in [0.5, 0.6) is 0 Å². The first-order chi connectivity index (χ1) is 10.6. The monoisotopic (exact) mass is 292 g/mol. The van der Waals surface area contributed by atoms with Gasteiger partial charge in [-0.15, -0.1) is 0 Å². The summed E-state index contributed by atoms with van der Waals surface area (Å²) in [5.74, 6) is 0.302. The van der Waals surface area contributed by atoms with Crippen LogP contribution in [-0.4, -0.2) is 22.9 Å². The van der Waals surface area contributed by atoms with Gasteiger partial charge < -0.3 is 5.73 Å². The van der Waals surface area contributed by atoms with Crippen molar-refractivity contribution < 1.29 is 4.79 Å². The van der Waals surface area contributed by atoms with Gasteiger partial charge in [-0.25, -0.2) is 4.98 Å². The Kier molecular flexibility index (Phi) is 3.47. The Morgan fingerprint density at radius 1 is 1.18 bits per heavy atom. The van der Waals surface area contributed by atoms with E-state index in [0.717, 1.165) is 16.5 Å². The van der Waals surface area contributed by atoms with Gasteiger partial charge in [-0.1, -0.05) is 6.07 Å². The molecule has 22 heavy (non-hydrogen) atoms. The summed E-state index contributed by atoms with van der Waals surface area (Å²) < 4.78 is 0. The molecule has 0 unspecified atom stereocenters. The molecule has 0 radical (unpaired) electrons. The van der Waals surface area contributed by atoms with E-state index in [0.29, 0.717) is 17.1 Å². The number of hydrogen-bond acceptors (Lipinski definition) is 4. The number of anilines is 2. The predicted octanol–water partition coefficient (Wildman–Crippen LogP) is 2.80. The van der Waals surface area contributed by atoms with Crippen molar-refractivity contribution in [3.63, 3.8) is 0 Å². The van der Waals surface area contributed by atoms with Crippen LogP contribution in [0.2, 0.25) is 0 Å². The molecule has 0 aliphatic heterocycles. The molecule has 0 saturated carbocycles. The van der Waals surface area contributed by atoms with Crippen LogP contribution in [0.15, 0.2) is 48.8 Å². The lowest BCUT2D eigenvalue weighted by Crippen LogP contribution is -2.28. The first-order valence-corrected chi connectivity index (χ1v) is 6.91. The van der Waals surface area contributed by atoms with E-state index in [1.54, 1.807) is 31.6 Å². The molecule has 0 aliphatic rings. The van der Waals surface area contributed by atoms with Crippen molar-refractivity contribution in [3.8, 4) is 0 Å². The SMILES string of the molecule is Cc1cnc(N(C)C(=O)c2ccc3ncccc3c2)c(N)c1. The number of carbonyl (C=O) groups excluding carboxylic acids is 1. The number of aryl methyl sites for hydroxylation is 1. The minimum Gasteiger partial charge on any atom is -0.396 e. The van der Waals surface area contributed by atoms with Gasteiger partial charge in [0, 0.05) is 30.4 Å². The van der Waals surface area contributed by atoms with Gasteiger partial charge in [-0.3, -0.25) is 14.7 Å². The lowest BCUT2D eigenvalue weighted by atomic mass is 10.1. The van der Waals surface area contributed by atoms with Gasteiger partial charge in [-0.05, 0) is 42.8 Å². The van der Waals surface area contributed by atoms with Crippen LogP contribution in [0.4, 0.5) is 11.5 Å². The Labute approximate surface area is 128 Å². The highest BCUT2D eigenvalue weighted by molar-refractivity contribution is 6.08. The smallest absolute Gasteiger partial charge is 0.259 e. The zero-order valence-corrected chi connectivity index (χ0v) is 12.4. The Hall–Kier alpha value is -2.95. The second-order valence-electron chi connectivity index (χ2n) is 5.20. The van der Waals surface area contributed by atoms with Crippen molar-refractivity contribution in [1.29, 1.82) is 0 Å². The molecule has 3 rings (SSSR count). The van der Waals surface area contributed by atoms with E-state index in [-0.39, 0.29) is 5.91 Å². The first kappa shape index (κ1) is 14.0. The molecule has 0 fully saturated rings. The minimum atomic E-state index is -0.159. The number of nitrogens with zero attached hydrogens (tertiary/aromatic N) is 3. The number of hydrogen-bond donors (Lipinski definition) is 1. The van der Waals surface area contributed by atoms with Gasteiger partial charge in [0.2, 0.25) is 0 Å². The maximum atomic E-state index is 12.6. The van der Waals surface area contributed by atoms with Crippen molar-refractivity contribution in [2.75, 3.05) is 17.7 Å². The molecule has 2 aromatic heterocycles. The molecule has 2 heterocycles. The van der Waals surface area contributed by atoms with Crippen molar-refractivity contribution in [2.24, 2.45) is 0 Å². The van der Waals surface area contributed by atoms with E-state index in [9.17, 15) is 4.79 Å². The van der Waals surface area contributed by atoms with E-state index in [1.165, 1.54) is 4.90 Å². The molecular weight excluding hydrogens is 276 g/mol. The van der Waals surface area contributed by atoms with E-state index in [1.807, 2.05) is 31.2 Å². The molecule has 110 valence electrons. The van der Waals surface area contributed by atoms with Crippen molar-refractivity contribution in [1.82, 2.24) is 9.97 Å². The average molecular weight is 292 g/mol. The Bertz CT molecular complexity index is 860. The van der Waals surface area contributed by atoms with Crippen LogP contribution >= 0.6 is 0 Å². The number of nitrogens with two attached hydrogens (primary N) is 1. The molecule has 0 spiro atoms. The molecular formula is C17H16N4O. The Morgan fingerprint density at radius 2 is 2.00 bits per heavy atom. The molecule has 0 atom stereocenters. The lowest BCUT2D eigenvalue weighted by molar-refractivity contribution is 0.0992. The summed E-state index contributed by atoms with van der Waals surface area (Å²) in [6.07, 6.45) is 3.42. The van der Waals surface area contributed by atoms with Crippen LogP contribution < -0.4 is 10.6 Å². The Morgan fingerprint density at radius 3 is 2.77 bits per heavy atom. The highest BCUT2D eigenvalue weighted by Gasteiger charge is 2.17. The van der Waals surface area contributed by atoms with Gasteiger partial charge in [0.15, 0.2) is 5.82 Å². The highest BCUT2D eigenvalue weighted by Crippen LogP contribution is 2.22. The van der Waals surface area contributed by atoms with Gasteiger partial charge in [0.05, 0.1) is 11.2 Å². The molecule has 1 aromatic carbocycles. The molecule has 3 aromatic rings. The third kappa shape index (κ3) is 2.48. The van der Waals surface area contributed by atoms with E-state index in [4.69, 9.17) is 5.73 Å². The second-order valence-corrected chi connectivity index (χ2v) is 5.20. The normalized spacial score (nSPS) is 10.6. The van der Waals surface area contributed by atoms with Crippen LogP contribution in [0, 0.1) is 6.92 Å². The van der Waals surface area contributed by atoms with Crippen LogP contribution in [-0.2, 0) is 0 Å². The number of pyridine rings is 2. The molecule has 5 heteroatoms. The number of carbonyl (C=O) groups is 1.